The molecule has 160 valence electrons. The summed E-state index contributed by atoms with van der Waals surface area (Å²) in [7, 11) is 0. The third-order valence-corrected chi connectivity index (χ3v) is 5.50. The van der Waals surface area contributed by atoms with Crippen molar-refractivity contribution in [3.05, 3.63) is 66.6 Å². The van der Waals surface area contributed by atoms with E-state index >= 15 is 0 Å². The number of carbonyl (C=O) groups is 3. The maximum atomic E-state index is 13.1. The van der Waals surface area contributed by atoms with Crippen molar-refractivity contribution in [3.63, 3.8) is 0 Å². The first kappa shape index (κ1) is 23.4. The smallest absolute Gasteiger partial charge is 0.292 e. The fourth-order valence-corrected chi connectivity index (χ4v) is 4.40. The van der Waals surface area contributed by atoms with E-state index in [-0.39, 0.29) is 17.1 Å². The van der Waals surface area contributed by atoms with Gasteiger partial charge in [-0.2, -0.15) is 0 Å². The van der Waals surface area contributed by atoms with E-state index in [1.807, 2.05) is 0 Å². The number of amides is 3. The number of halogens is 4. The van der Waals surface area contributed by atoms with Gasteiger partial charge in [-0.1, -0.05) is 27.5 Å². The van der Waals surface area contributed by atoms with Crippen molar-refractivity contribution in [2.75, 3.05) is 5.32 Å². The Hall–Kier alpha value is -2.28. The number of nitrogens with one attached hydrogen (secondary N) is 3. The van der Waals surface area contributed by atoms with Crippen LogP contribution in [0.3, 0.4) is 0 Å². The minimum atomic E-state index is -0.634. The summed E-state index contributed by atoms with van der Waals surface area (Å²) < 4.78 is 2.81. The van der Waals surface area contributed by atoms with Crippen molar-refractivity contribution in [2.24, 2.45) is 0 Å². The molecule has 0 aliphatic heterocycles. The van der Waals surface area contributed by atoms with Gasteiger partial charge in [0, 0.05) is 28.3 Å². The zero-order chi connectivity index (χ0) is 22.7. The molecule has 1 aromatic carbocycles. The van der Waals surface area contributed by atoms with Gasteiger partial charge < -0.3 is 5.32 Å². The van der Waals surface area contributed by atoms with Crippen LogP contribution >= 0.6 is 59.4 Å². The quantitative estimate of drug-likeness (QED) is 0.371. The first-order valence-electron chi connectivity index (χ1n) is 8.40. The third-order valence-electron chi connectivity index (χ3n) is 3.74. The molecular weight excluding hydrogens is 623 g/mol. The Bertz CT molecular complexity index is 1200. The lowest BCUT2D eigenvalue weighted by atomic mass is 10.1. The van der Waals surface area contributed by atoms with Crippen LogP contribution in [0.1, 0.15) is 27.9 Å². The molecule has 3 aromatic rings. The normalized spacial score (nSPS) is 10.5. The Kier molecular flexibility index (Phi) is 7.46. The summed E-state index contributed by atoms with van der Waals surface area (Å²) in [5.41, 5.74) is 4.74. The summed E-state index contributed by atoms with van der Waals surface area (Å²) in [6, 6.07) is 6.45. The molecule has 0 saturated heterocycles. The summed E-state index contributed by atoms with van der Waals surface area (Å²) in [5.74, 6) is -1.41. The fraction of sp³-hybridized carbons (Fsp3) is 0.0556. The second-order valence-electron chi connectivity index (χ2n) is 5.97. The van der Waals surface area contributed by atoms with Gasteiger partial charge >= 0.3 is 0 Å². The van der Waals surface area contributed by atoms with E-state index in [9.17, 15) is 14.4 Å². The van der Waals surface area contributed by atoms with Gasteiger partial charge in [0.2, 0.25) is 11.7 Å². The lowest BCUT2D eigenvalue weighted by molar-refractivity contribution is -0.119. The molecule has 31 heavy (non-hydrogen) atoms. The standard InChI is InChI=1S/C18H12Br3ClN6O3/c1-8(29)26-27-17(30)10-5-9(19)6-11(20)14(10)25-18(31)16-24-13(21)7-28(16)15-12(22)3-2-4-23-15/h2-7H,1H3,(H,25,31)(H,26,29)(H,27,30). The SMILES string of the molecule is CC(=O)NNC(=O)c1cc(Br)cc(Br)c1NC(=O)c1nc(Br)cn1-c1ncccc1Cl. The molecule has 0 radical (unpaired) electrons. The summed E-state index contributed by atoms with van der Waals surface area (Å²) in [4.78, 5) is 45.2. The number of hydrogen-bond acceptors (Lipinski definition) is 5. The highest BCUT2D eigenvalue weighted by molar-refractivity contribution is 9.11. The molecule has 0 bridgehead atoms. The number of hydrogen-bond donors (Lipinski definition) is 3. The van der Waals surface area contributed by atoms with Gasteiger partial charge in [0.05, 0.1) is 16.3 Å². The van der Waals surface area contributed by atoms with E-state index in [1.54, 1.807) is 24.4 Å². The van der Waals surface area contributed by atoms with Crippen LogP contribution in [0, 0.1) is 0 Å². The number of nitrogens with zero attached hydrogens (tertiary/aromatic N) is 3. The van der Waals surface area contributed by atoms with Gasteiger partial charge in [-0.15, -0.1) is 0 Å². The van der Waals surface area contributed by atoms with Crippen LogP contribution in [-0.4, -0.2) is 32.3 Å². The number of aromatic nitrogens is 3. The first-order chi connectivity index (χ1) is 14.7. The number of rotatable bonds is 4. The van der Waals surface area contributed by atoms with Crippen LogP contribution in [0.5, 0.6) is 0 Å². The van der Waals surface area contributed by atoms with Crippen LogP contribution in [-0.2, 0) is 4.79 Å². The predicted octanol–water partition coefficient (Wildman–Crippen LogP) is 4.24. The molecule has 0 unspecified atom stereocenters. The second kappa shape index (κ2) is 9.90. The molecular formula is C18H12Br3ClN6O3. The van der Waals surface area contributed by atoms with Gasteiger partial charge in [0.1, 0.15) is 4.60 Å². The number of benzene rings is 1. The van der Waals surface area contributed by atoms with Crippen molar-refractivity contribution in [1.82, 2.24) is 25.4 Å². The van der Waals surface area contributed by atoms with Crippen LogP contribution in [0.25, 0.3) is 5.82 Å². The van der Waals surface area contributed by atoms with E-state index in [0.29, 0.717) is 24.4 Å². The van der Waals surface area contributed by atoms with Crippen LogP contribution in [0.4, 0.5) is 5.69 Å². The van der Waals surface area contributed by atoms with Gasteiger partial charge in [0.15, 0.2) is 5.82 Å². The summed E-state index contributed by atoms with van der Waals surface area (Å²) in [5, 5.41) is 3.00. The number of imidazole rings is 1. The minimum Gasteiger partial charge on any atom is -0.318 e. The van der Waals surface area contributed by atoms with Crippen LogP contribution < -0.4 is 16.2 Å². The molecule has 0 aliphatic carbocycles. The van der Waals surface area contributed by atoms with Gasteiger partial charge in [-0.3, -0.25) is 29.8 Å². The Morgan fingerprint density at radius 2 is 1.84 bits per heavy atom. The molecule has 0 aliphatic rings. The maximum absolute atomic E-state index is 13.1. The van der Waals surface area contributed by atoms with E-state index in [4.69, 9.17) is 11.6 Å². The van der Waals surface area contributed by atoms with Crippen molar-refractivity contribution >= 4 is 82.8 Å². The van der Waals surface area contributed by atoms with E-state index < -0.39 is 17.7 Å². The highest BCUT2D eigenvalue weighted by Gasteiger charge is 2.23. The molecule has 9 nitrogen and oxygen atoms in total. The summed E-state index contributed by atoms with van der Waals surface area (Å²) >= 11 is 16.1. The van der Waals surface area contributed by atoms with Crippen LogP contribution in [0.2, 0.25) is 5.02 Å². The molecule has 3 amide bonds. The second-order valence-corrected chi connectivity index (χ2v) is 8.96. The molecule has 2 aromatic heterocycles. The molecule has 0 atom stereocenters. The zero-order valence-corrected chi connectivity index (χ0v) is 21.1. The van der Waals surface area contributed by atoms with Crippen molar-refractivity contribution in [3.8, 4) is 5.82 Å². The van der Waals surface area contributed by atoms with E-state index in [0.717, 1.165) is 0 Å². The first-order valence-corrected chi connectivity index (χ1v) is 11.2. The number of carbonyl (C=O) groups excluding carboxylic acids is 3. The zero-order valence-electron chi connectivity index (χ0n) is 15.5. The highest BCUT2D eigenvalue weighted by atomic mass is 79.9. The Labute approximate surface area is 206 Å². The number of pyridine rings is 1. The monoisotopic (exact) mass is 632 g/mol. The molecule has 3 rings (SSSR count). The molecule has 0 spiro atoms. The Balaban J connectivity index is 1.99. The fourth-order valence-electron chi connectivity index (χ4n) is 2.49. The van der Waals surface area contributed by atoms with Gasteiger partial charge in [-0.05, 0) is 56.1 Å². The third kappa shape index (κ3) is 5.50. The average Bonchev–Trinajstić information content (AvgIpc) is 3.09. The summed E-state index contributed by atoms with van der Waals surface area (Å²) in [6.45, 7) is 1.25. The Morgan fingerprint density at radius 1 is 1.10 bits per heavy atom. The topological polar surface area (TPSA) is 118 Å². The highest BCUT2D eigenvalue weighted by Crippen LogP contribution is 2.31. The molecule has 3 N–H and O–H groups in total. The van der Waals surface area contributed by atoms with Crippen molar-refractivity contribution in [2.45, 2.75) is 6.92 Å². The van der Waals surface area contributed by atoms with Crippen molar-refractivity contribution in [1.29, 1.82) is 0 Å². The van der Waals surface area contributed by atoms with E-state index in [2.05, 4.69) is 73.9 Å². The largest absolute Gasteiger partial charge is 0.318 e. The number of anilines is 1. The van der Waals surface area contributed by atoms with Crippen LogP contribution in [0.15, 0.2) is 50.2 Å². The predicted molar refractivity (Wildman–Crippen MR) is 125 cm³/mol. The Morgan fingerprint density at radius 3 is 2.52 bits per heavy atom. The average molecular weight is 635 g/mol. The maximum Gasteiger partial charge on any atom is 0.292 e. The summed E-state index contributed by atoms with van der Waals surface area (Å²) in [6.07, 6.45) is 3.08. The molecule has 0 fully saturated rings. The van der Waals surface area contributed by atoms with E-state index in [1.165, 1.54) is 23.8 Å². The van der Waals surface area contributed by atoms with Gasteiger partial charge in [0.25, 0.3) is 11.8 Å². The molecule has 2 heterocycles. The number of hydrazine groups is 1. The lowest BCUT2D eigenvalue weighted by Crippen LogP contribution is -2.40. The van der Waals surface area contributed by atoms with Gasteiger partial charge in [-0.25, -0.2) is 9.97 Å². The molecule has 0 saturated carbocycles. The van der Waals surface area contributed by atoms with Crippen molar-refractivity contribution < 1.29 is 14.4 Å². The minimum absolute atomic E-state index is 0.0180. The lowest BCUT2D eigenvalue weighted by Gasteiger charge is -2.14. The molecule has 13 heteroatoms.